The summed E-state index contributed by atoms with van der Waals surface area (Å²) in [6.45, 7) is 8.68. The summed E-state index contributed by atoms with van der Waals surface area (Å²) in [5.41, 5.74) is 1.03. The van der Waals surface area contributed by atoms with Crippen LogP contribution in [0.4, 0.5) is 4.79 Å². The molecule has 41 heavy (non-hydrogen) atoms. The molecular weight excluding hydrogens is 523 g/mol. The van der Waals surface area contributed by atoms with Gasteiger partial charge in [-0.1, -0.05) is 44.2 Å². The van der Waals surface area contributed by atoms with Gasteiger partial charge in [-0.05, 0) is 61.8 Å². The zero-order valence-electron chi connectivity index (χ0n) is 24.8. The highest BCUT2D eigenvalue weighted by Crippen LogP contribution is 2.65. The Bertz CT molecular complexity index is 1100. The van der Waals surface area contributed by atoms with Gasteiger partial charge in [0.15, 0.2) is 0 Å². The van der Waals surface area contributed by atoms with Gasteiger partial charge in [0.05, 0.1) is 37.3 Å². The van der Waals surface area contributed by atoms with E-state index in [1.54, 1.807) is 4.90 Å². The van der Waals surface area contributed by atoms with Crippen molar-refractivity contribution in [2.75, 3.05) is 33.4 Å². The van der Waals surface area contributed by atoms with Crippen LogP contribution < -0.4 is 16.0 Å². The molecule has 2 heterocycles. The van der Waals surface area contributed by atoms with Gasteiger partial charge < -0.3 is 34.9 Å². The predicted octanol–water partition coefficient (Wildman–Crippen LogP) is 2.31. The zero-order valence-corrected chi connectivity index (χ0v) is 24.8. The Labute approximate surface area is 243 Å². The summed E-state index contributed by atoms with van der Waals surface area (Å²) in [6, 6.07) is 8.69. The van der Waals surface area contributed by atoms with E-state index in [2.05, 4.69) is 48.9 Å². The van der Waals surface area contributed by atoms with Crippen molar-refractivity contribution in [3.63, 3.8) is 0 Å². The van der Waals surface area contributed by atoms with E-state index in [4.69, 9.17) is 14.0 Å². The highest BCUT2D eigenvalue weighted by atomic mass is 16.7. The van der Waals surface area contributed by atoms with Gasteiger partial charge in [-0.3, -0.25) is 9.59 Å². The summed E-state index contributed by atoms with van der Waals surface area (Å²) in [4.78, 5) is 40.7. The van der Waals surface area contributed by atoms with Gasteiger partial charge >= 0.3 is 13.1 Å². The maximum Gasteiger partial charge on any atom is 0.481 e. The molecule has 11 heteroatoms. The number of benzene rings is 1. The summed E-state index contributed by atoms with van der Waals surface area (Å²) in [6.07, 6.45) is 4.25. The number of morpholine rings is 1. The van der Waals surface area contributed by atoms with Crippen molar-refractivity contribution < 1.29 is 28.4 Å². The van der Waals surface area contributed by atoms with Gasteiger partial charge in [0.1, 0.15) is 6.04 Å². The lowest BCUT2D eigenvalue weighted by atomic mass is 9.43. The van der Waals surface area contributed by atoms with Crippen LogP contribution in [0.3, 0.4) is 0 Å². The van der Waals surface area contributed by atoms with Crippen LogP contribution in [0.1, 0.15) is 58.4 Å². The van der Waals surface area contributed by atoms with Crippen molar-refractivity contribution in [2.24, 2.45) is 17.3 Å². The number of amides is 4. The molecule has 3 aliphatic carbocycles. The molecule has 2 bridgehead atoms. The predicted molar refractivity (Wildman–Crippen MR) is 155 cm³/mol. The number of rotatable bonds is 10. The highest BCUT2D eigenvalue weighted by molar-refractivity contribution is 6.48. The first-order valence-electron chi connectivity index (χ1n) is 15.1. The van der Waals surface area contributed by atoms with Gasteiger partial charge in [0.2, 0.25) is 11.8 Å². The number of carbonyl (C=O) groups is 3. The van der Waals surface area contributed by atoms with Gasteiger partial charge in [-0.2, -0.15) is 0 Å². The minimum atomic E-state index is -1.03. The molecule has 0 spiro atoms. The maximum atomic E-state index is 13.7. The molecule has 5 fully saturated rings. The van der Waals surface area contributed by atoms with Crippen molar-refractivity contribution in [1.82, 2.24) is 20.9 Å². The summed E-state index contributed by atoms with van der Waals surface area (Å²) in [5, 5.41) is 8.30. The molecular formula is C30H45BN4O6. The molecule has 1 aromatic rings. The summed E-state index contributed by atoms with van der Waals surface area (Å²) < 4.78 is 18.7. The Balaban J connectivity index is 1.30. The second kappa shape index (κ2) is 12.3. The molecule has 0 radical (unpaired) electrons. The van der Waals surface area contributed by atoms with Crippen LogP contribution in [-0.4, -0.2) is 86.9 Å². The van der Waals surface area contributed by atoms with Gasteiger partial charge in [-0.15, -0.1) is 0 Å². The smallest absolute Gasteiger partial charge is 0.404 e. The van der Waals surface area contributed by atoms with Crippen LogP contribution in [-0.2, 0) is 30.1 Å². The Hall–Kier alpha value is -2.63. The molecule has 1 unspecified atom stereocenters. The van der Waals surface area contributed by atoms with Crippen molar-refractivity contribution in [1.29, 1.82) is 0 Å². The van der Waals surface area contributed by atoms with Crippen LogP contribution in [0.5, 0.6) is 0 Å². The second-order valence-corrected chi connectivity index (χ2v) is 12.8. The number of urea groups is 1. The topological polar surface area (TPSA) is 118 Å². The van der Waals surface area contributed by atoms with Gasteiger partial charge in [0.25, 0.3) is 0 Å². The third-order valence-corrected chi connectivity index (χ3v) is 10.0. The Kier molecular flexibility index (Phi) is 8.97. The van der Waals surface area contributed by atoms with Crippen LogP contribution in [0.2, 0.25) is 0 Å². The number of nitrogens with zero attached hydrogens (tertiary/aromatic N) is 1. The van der Waals surface area contributed by atoms with Crippen molar-refractivity contribution in [3.05, 3.63) is 35.9 Å². The van der Waals surface area contributed by atoms with E-state index in [1.165, 1.54) is 12.6 Å². The van der Waals surface area contributed by atoms with Crippen molar-refractivity contribution in [3.8, 4) is 0 Å². The van der Waals surface area contributed by atoms with Gasteiger partial charge in [0, 0.05) is 20.1 Å². The van der Waals surface area contributed by atoms with Gasteiger partial charge in [-0.25, -0.2) is 4.79 Å². The fourth-order valence-electron chi connectivity index (χ4n) is 7.36. The Morgan fingerprint density at radius 3 is 2.49 bits per heavy atom. The first-order valence-corrected chi connectivity index (χ1v) is 15.1. The molecule has 5 aliphatic rings. The number of carbonyl (C=O) groups excluding carboxylic acids is 3. The van der Waals surface area contributed by atoms with E-state index >= 15 is 0 Å². The van der Waals surface area contributed by atoms with E-state index in [1.807, 2.05) is 18.2 Å². The van der Waals surface area contributed by atoms with Crippen LogP contribution in [0.25, 0.3) is 0 Å². The van der Waals surface area contributed by atoms with E-state index in [0.29, 0.717) is 44.6 Å². The molecule has 3 saturated carbocycles. The van der Waals surface area contributed by atoms with Crippen molar-refractivity contribution >= 4 is 25.0 Å². The number of nitrogens with one attached hydrogen (secondary N) is 3. The number of hydrogen-bond donors (Lipinski definition) is 3. The monoisotopic (exact) mass is 568 g/mol. The average Bonchev–Trinajstić information content (AvgIpc) is 3.34. The van der Waals surface area contributed by atoms with E-state index in [-0.39, 0.29) is 23.8 Å². The fourth-order valence-corrected chi connectivity index (χ4v) is 7.36. The lowest BCUT2D eigenvalue weighted by molar-refractivity contribution is -0.199. The molecule has 1 aromatic carbocycles. The van der Waals surface area contributed by atoms with Crippen LogP contribution >= 0.6 is 0 Å². The Morgan fingerprint density at radius 2 is 1.80 bits per heavy atom. The first kappa shape index (κ1) is 29.9. The zero-order chi connectivity index (χ0) is 29.2. The molecule has 6 rings (SSSR count). The third kappa shape index (κ3) is 6.27. The molecule has 3 N–H and O–H groups in total. The molecule has 6 atom stereocenters. The highest BCUT2D eigenvalue weighted by Gasteiger charge is 2.68. The molecule has 2 saturated heterocycles. The maximum absolute atomic E-state index is 13.7. The molecule has 4 amide bonds. The van der Waals surface area contributed by atoms with E-state index in [9.17, 15) is 14.4 Å². The largest absolute Gasteiger partial charge is 0.481 e. The number of aryl methyl sites for hydroxylation is 1. The summed E-state index contributed by atoms with van der Waals surface area (Å²) >= 11 is 0. The molecule has 10 nitrogen and oxygen atoms in total. The Morgan fingerprint density at radius 1 is 1.07 bits per heavy atom. The molecule has 0 aromatic heterocycles. The SMILES string of the molecule is CNC(=O)NC(CC(=O)N1CCOCC1)C(=O)N[C@@H](CCCc1ccccc1)B1O[C@@H]2C[C@@H]3C[C@@H](C3(C)C)[C@]2(C)O1. The van der Waals surface area contributed by atoms with E-state index in [0.717, 1.165) is 25.7 Å². The minimum Gasteiger partial charge on any atom is -0.404 e. The standard InChI is InChI=1S/C30H45BN4O6/c1-29(2)21-17-23(29)30(3)24(18-21)40-31(41-30)25(12-8-11-20-9-6-5-7-10-20)34-27(37)22(33-28(38)32-4)19-26(36)35-13-15-39-16-14-35/h5-7,9-10,21-25H,8,11-19H2,1-4H3,(H,34,37)(H2,32,33,38)/t21-,22?,23-,24+,25-,30-/m0/s1. The molecule has 224 valence electrons. The third-order valence-electron chi connectivity index (χ3n) is 10.0. The summed E-state index contributed by atoms with van der Waals surface area (Å²) in [7, 11) is 0.880. The minimum absolute atomic E-state index is 0.0134. The lowest BCUT2D eigenvalue weighted by Gasteiger charge is -2.64. The number of ether oxygens (including phenoxy) is 1. The van der Waals surface area contributed by atoms with Crippen molar-refractivity contribution in [2.45, 2.75) is 83.0 Å². The van der Waals surface area contributed by atoms with Crippen LogP contribution in [0, 0.1) is 17.3 Å². The fraction of sp³-hybridized carbons (Fsp3) is 0.700. The average molecular weight is 569 g/mol. The first-order chi connectivity index (χ1) is 19.6. The second-order valence-electron chi connectivity index (χ2n) is 12.8. The normalized spacial score (nSPS) is 29.5. The van der Waals surface area contributed by atoms with E-state index < -0.39 is 36.6 Å². The quantitative estimate of drug-likeness (QED) is 0.373. The van der Waals surface area contributed by atoms with Crippen LogP contribution in [0.15, 0.2) is 30.3 Å². The number of hydrogen-bond acceptors (Lipinski definition) is 6. The summed E-state index contributed by atoms with van der Waals surface area (Å²) in [5.74, 6) is -0.0257. The lowest BCUT2D eigenvalue weighted by Crippen LogP contribution is -2.65. The molecule has 2 aliphatic heterocycles.